The van der Waals surface area contributed by atoms with Crippen LogP contribution in [0, 0.1) is 0 Å². The summed E-state index contributed by atoms with van der Waals surface area (Å²) in [5, 5.41) is 3.52. The summed E-state index contributed by atoms with van der Waals surface area (Å²) in [6.07, 6.45) is 0. The van der Waals surface area contributed by atoms with E-state index in [1.807, 2.05) is 6.92 Å². The Labute approximate surface area is 98.9 Å². The first-order valence-electron chi connectivity index (χ1n) is 4.38. The van der Waals surface area contributed by atoms with Crippen molar-refractivity contribution in [2.24, 2.45) is 0 Å². The van der Waals surface area contributed by atoms with E-state index in [2.05, 4.69) is 11.9 Å². The Morgan fingerprint density at radius 2 is 2.07 bits per heavy atom. The number of benzene rings is 1. The first-order chi connectivity index (χ1) is 7.00. The highest BCUT2D eigenvalue weighted by molar-refractivity contribution is 6.42. The van der Waals surface area contributed by atoms with Gasteiger partial charge in [0, 0.05) is 12.1 Å². The third-order valence-electron chi connectivity index (χ3n) is 1.73. The fourth-order valence-electron chi connectivity index (χ4n) is 0.971. The second-order valence-corrected chi connectivity index (χ2v) is 4.08. The zero-order chi connectivity index (χ0) is 11.4. The van der Waals surface area contributed by atoms with Crippen molar-refractivity contribution in [1.29, 1.82) is 0 Å². The first-order valence-corrected chi connectivity index (χ1v) is 5.14. The van der Waals surface area contributed by atoms with E-state index in [-0.39, 0.29) is 5.91 Å². The van der Waals surface area contributed by atoms with E-state index in [1.54, 1.807) is 12.1 Å². The largest absolute Gasteiger partial charge is 0.348 e. The normalized spacial score (nSPS) is 9.80. The van der Waals surface area contributed by atoms with Gasteiger partial charge in [-0.15, -0.1) is 0 Å². The van der Waals surface area contributed by atoms with Crippen LogP contribution in [0.4, 0.5) is 0 Å². The minimum absolute atomic E-state index is 0.184. The molecule has 0 unspecified atom stereocenters. The molecule has 15 heavy (non-hydrogen) atoms. The average Bonchev–Trinajstić information content (AvgIpc) is 2.18. The number of hydrogen-bond donors (Lipinski definition) is 1. The molecular formula is C11H11Cl2NO. The molecule has 1 rings (SSSR count). The number of amides is 1. The number of nitrogens with one attached hydrogen (secondary N) is 1. The fraction of sp³-hybridized carbons (Fsp3) is 0.182. The maximum Gasteiger partial charge on any atom is 0.251 e. The molecule has 0 atom stereocenters. The van der Waals surface area contributed by atoms with Gasteiger partial charge in [0.15, 0.2) is 0 Å². The van der Waals surface area contributed by atoms with Crippen molar-refractivity contribution >= 4 is 29.1 Å². The molecule has 0 bridgehead atoms. The van der Waals surface area contributed by atoms with Crippen molar-refractivity contribution in [3.8, 4) is 0 Å². The minimum Gasteiger partial charge on any atom is -0.348 e. The molecule has 2 nitrogen and oxygen atoms in total. The smallest absolute Gasteiger partial charge is 0.251 e. The van der Waals surface area contributed by atoms with Crippen LogP contribution in [0.2, 0.25) is 10.0 Å². The maximum atomic E-state index is 11.6. The lowest BCUT2D eigenvalue weighted by Gasteiger charge is -2.05. The molecule has 0 aliphatic heterocycles. The van der Waals surface area contributed by atoms with Crippen LogP contribution in [0.25, 0.3) is 0 Å². The van der Waals surface area contributed by atoms with E-state index in [0.717, 1.165) is 5.57 Å². The second kappa shape index (κ2) is 5.19. The summed E-state index contributed by atoms with van der Waals surface area (Å²) < 4.78 is 0. The Morgan fingerprint density at radius 3 is 2.60 bits per heavy atom. The molecule has 0 saturated carbocycles. The summed E-state index contributed by atoms with van der Waals surface area (Å²) in [7, 11) is 0. The number of hydrogen-bond acceptors (Lipinski definition) is 1. The van der Waals surface area contributed by atoms with Crippen molar-refractivity contribution in [3.63, 3.8) is 0 Å². The van der Waals surface area contributed by atoms with Crippen molar-refractivity contribution in [3.05, 3.63) is 46.0 Å². The van der Waals surface area contributed by atoms with Gasteiger partial charge >= 0.3 is 0 Å². The molecule has 0 aliphatic rings. The molecule has 0 radical (unpaired) electrons. The van der Waals surface area contributed by atoms with E-state index >= 15 is 0 Å². The molecule has 0 aromatic heterocycles. The molecule has 4 heteroatoms. The summed E-state index contributed by atoms with van der Waals surface area (Å²) in [5.41, 5.74) is 1.38. The van der Waals surface area contributed by atoms with Crippen LogP contribution in [-0.4, -0.2) is 12.5 Å². The van der Waals surface area contributed by atoms with Crippen molar-refractivity contribution < 1.29 is 4.79 Å². The standard InChI is InChI=1S/C11H11Cl2NO/c1-7(2)6-14-11(15)8-3-4-9(12)10(13)5-8/h3-5H,1,6H2,2H3,(H,14,15). The summed E-state index contributed by atoms with van der Waals surface area (Å²) in [6, 6.07) is 4.76. The van der Waals surface area contributed by atoms with E-state index in [4.69, 9.17) is 23.2 Å². The SMILES string of the molecule is C=C(C)CNC(=O)c1ccc(Cl)c(Cl)c1. The molecular weight excluding hydrogens is 233 g/mol. The zero-order valence-electron chi connectivity index (χ0n) is 8.31. The molecule has 80 valence electrons. The Bertz CT molecular complexity index is 402. The van der Waals surface area contributed by atoms with Crippen LogP contribution >= 0.6 is 23.2 Å². The van der Waals surface area contributed by atoms with E-state index < -0.39 is 0 Å². The third-order valence-corrected chi connectivity index (χ3v) is 2.47. The topological polar surface area (TPSA) is 29.1 Å². The zero-order valence-corrected chi connectivity index (χ0v) is 9.82. The van der Waals surface area contributed by atoms with Gasteiger partial charge in [-0.2, -0.15) is 0 Å². The summed E-state index contributed by atoms with van der Waals surface area (Å²) in [4.78, 5) is 11.6. The van der Waals surface area contributed by atoms with Gasteiger partial charge in [-0.1, -0.05) is 35.4 Å². The molecule has 0 spiro atoms. The van der Waals surface area contributed by atoms with Crippen molar-refractivity contribution in [2.75, 3.05) is 6.54 Å². The summed E-state index contributed by atoms with van der Waals surface area (Å²) in [6.45, 7) is 5.99. The Balaban J connectivity index is 2.74. The summed E-state index contributed by atoms with van der Waals surface area (Å²) >= 11 is 11.5. The minimum atomic E-state index is -0.184. The van der Waals surface area contributed by atoms with Crippen LogP contribution in [0.15, 0.2) is 30.4 Å². The van der Waals surface area contributed by atoms with Crippen LogP contribution in [-0.2, 0) is 0 Å². The average molecular weight is 244 g/mol. The van der Waals surface area contributed by atoms with Crippen molar-refractivity contribution in [2.45, 2.75) is 6.92 Å². The van der Waals surface area contributed by atoms with Gasteiger partial charge in [0.2, 0.25) is 0 Å². The molecule has 0 heterocycles. The highest BCUT2D eigenvalue weighted by Gasteiger charge is 2.06. The Kier molecular flexibility index (Phi) is 4.18. The lowest BCUT2D eigenvalue weighted by atomic mass is 10.2. The van der Waals surface area contributed by atoms with Gasteiger partial charge in [-0.25, -0.2) is 0 Å². The molecule has 0 aliphatic carbocycles. The monoisotopic (exact) mass is 243 g/mol. The molecule has 0 saturated heterocycles. The van der Waals surface area contributed by atoms with Crippen LogP contribution < -0.4 is 5.32 Å². The number of halogens is 2. The molecule has 0 fully saturated rings. The first kappa shape index (κ1) is 12.1. The Morgan fingerprint density at radius 1 is 1.40 bits per heavy atom. The maximum absolute atomic E-state index is 11.6. The van der Waals surface area contributed by atoms with Gasteiger partial charge in [0.05, 0.1) is 10.0 Å². The van der Waals surface area contributed by atoms with Crippen molar-refractivity contribution in [1.82, 2.24) is 5.32 Å². The number of rotatable bonds is 3. The van der Waals surface area contributed by atoms with E-state index in [0.29, 0.717) is 22.2 Å². The number of carbonyl (C=O) groups is 1. The molecule has 1 aromatic rings. The fourth-order valence-corrected chi connectivity index (χ4v) is 1.27. The van der Waals surface area contributed by atoms with Crippen LogP contribution in [0.1, 0.15) is 17.3 Å². The van der Waals surface area contributed by atoms with Gasteiger partial charge in [0.1, 0.15) is 0 Å². The molecule has 1 N–H and O–H groups in total. The highest BCUT2D eigenvalue weighted by atomic mass is 35.5. The second-order valence-electron chi connectivity index (χ2n) is 3.27. The quantitative estimate of drug-likeness (QED) is 0.812. The van der Waals surface area contributed by atoms with Crippen LogP contribution in [0.3, 0.4) is 0 Å². The molecule has 1 amide bonds. The van der Waals surface area contributed by atoms with E-state index in [9.17, 15) is 4.79 Å². The lowest BCUT2D eigenvalue weighted by Crippen LogP contribution is -2.24. The predicted octanol–water partition coefficient (Wildman–Crippen LogP) is 3.30. The van der Waals surface area contributed by atoms with Gasteiger partial charge in [-0.3, -0.25) is 4.79 Å². The van der Waals surface area contributed by atoms with Crippen LogP contribution in [0.5, 0.6) is 0 Å². The summed E-state index contributed by atoms with van der Waals surface area (Å²) in [5.74, 6) is -0.184. The number of carbonyl (C=O) groups excluding carboxylic acids is 1. The Hall–Kier alpha value is -0.990. The van der Waals surface area contributed by atoms with Gasteiger partial charge < -0.3 is 5.32 Å². The third kappa shape index (κ3) is 3.57. The lowest BCUT2D eigenvalue weighted by molar-refractivity contribution is 0.0957. The van der Waals surface area contributed by atoms with E-state index in [1.165, 1.54) is 6.07 Å². The highest BCUT2D eigenvalue weighted by Crippen LogP contribution is 2.22. The van der Waals surface area contributed by atoms with Gasteiger partial charge in [0.25, 0.3) is 5.91 Å². The molecule has 1 aromatic carbocycles. The predicted molar refractivity (Wildman–Crippen MR) is 63.6 cm³/mol. The van der Waals surface area contributed by atoms with Gasteiger partial charge in [-0.05, 0) is 25.1 Å².